The lowest BCUT2D eigenvalue weighted by Crippen LogP contribution is -2.18. The molecule has 0 aromatic carbocycles. The molecule has 16 heavy (non-hydrogen) atoms. The number of aromatic nitrogens is 1. The molecular formula is C10H9F3N2O. The van der Waals surface area contributed by atoms with Gasteiger partial charge in [0.15, 0.2) is 0 Å². The summed E-state index contributed by atoms with van der Waals surface area (Å²) >= 11 is 0. The Morgan fingerprint density at radius 1 is 1.44 bits per heavy atom. The van der Waals surface area contributed by atoms with Gasteiger partial charge in [-0.3, -0.25) is 9.78 Å². The first kappa shape index (κ1) is 12.2. The fraction of sp³-hybridized carbons (Fsp3) is 0.200. The van der Waals surface area contributed by atoms with Gasteiger partial charge in [-0.15, -0.1) is 0 Å². The van der Waals surface area contributed by atoms with Crippen LogP contribution in [0.1, 0.15) is 16.1 Å². The van der Waals surface area contributed by atoms with Crippen LogP contribution in [0.25, 0.3) is 5.57 Å². The minimum atomic E-state index is -4.51. The molecule has 1 N–H and O–H groups in total. The molecular weight excluding hydrogens is 221 g/mol. The zero-order valence-corrected chi connectivity index (χ0v) is 8.43. The molecule has 0 saturated heterocycles. The van der Waals surface area contributed by atoms with Gasteiger partial charge in [0.2, 0.25) is 0 Å². The number of alkyl halides is 3. The van der Waals surface area contributed by atoms with Gasteiger partial charge in [0.25, 0.3) is 5.91 Å². The summed E-state index contributed by atoms with van der Waals surface area (Å²) in [6, 6.07) is 2.37. The van der Waals surface area contributed by atoms with Gasteiger partial charge in [0, 0.05) is 13.2 Å². The summed E-state index contributed by atoms with van der Waals surface area (Å²) in [6.45, 7) is 2.90. The lowest BCUT2D eigenvalue weighted by molar-refractivity contribution is -0.0688. The maximum absolute atomic E-state index is 12.2. The van der Waals surface area contributed by atoms with Gasteiger partial charge >= 0.3 is 6.18 Å². The molecule has 0 aliphatic rings. The number of hydrogen-bond donors (Lipinski definition) is 1. The third kappa shape index (κ3) is 2.59. The second-order valence-corrected chi connectivity index (χ2v) is 2.99. The van der Waals surface area contributed by atoms with Gasteiger partial charge in [0.05, 0.1) is 16.8 Å². The molecule has 0 radical (unpaired) electrons. The Labute approximate surface area is 90.0 Å². The van der Waals surface area contributed by atoms with E-state index in [2.05, 4.69) is 16.9 Å². The molecule has 0 aliphatic heterocycles. The quantitative estimate of drug-likeness (QED) is 0.844. The van der Waals surface area contributed by atoms with Gasteiger partial charge in [-0.05, 0) is 12.1 Å². The zero-order valence-electron chi connectivity index (χ0n) is 8.43. The smallest absolute Gasteiger partial charge is 0.355 e. The summed E-state index contributed by atoms with van der Waals surface area (Å²) in [4.78, 5) is 14.6. The Hall–Kier alpha value is -1.85. The lowest BCUT2D eigenvalue weighted by Gasteiger charge is -2.09. The number of halogens is 3. The number of amides is 1. The van der Waals surface area contributed by atoms with Crippen molar-refractivity contribution in [2.75, 3.05) is 7.05 Å². The van der Waals surface area contributed by atoms with Crippen LogP contribution in [0.2, 0.25) is 0 Å². The van der Waals surface area contributed by atoms with E-state index >= 15 is 0 Å². The van der Waals surface area contributed by atoms with E-state index in [0.717, 1.165) is 12.3 Å². The molecule has 6 heteroatoms. The number of allylic oxidation sites excluding steroid dienone is 1. The molecule has 1 amide bonds. The Bertz CT molecular complexity index is 409. The number of carbonyl (C=O) groups is 1. The van der Waals surface area contributed by atoms with E-state index in [-0.39, 0.29) is 11.3 Å². The number of nitrogens with zero attached hydrogens (tertiary/aromatic N) is 1. The third-order valence-electron chi connectivity index (χ3n) is 1.90. The molecule has 1 aromatic heterocycles. The molecule has 1 rings (SSSR count). The number of nitrogens with one attached hydrogen (secondary N) is 1. The van der Waals surface area contributed by atoms with Crippen LogP contribution in [0, 0.1) is 0 Å². The first-order chi connectivity index (χ1) is 7.36. The van der Waals surface area contributed by atoms with E-state index in [1.807, 2.05) is 0 Å². The summed E-state index contributed by atoms with van der Waals surface area (Å²) in [5.41, 5.74) is -1.13. The number of carbonyl (C=O) groups excluding carboxylic acids is 1. The highest BCUT2D eigenvalue weighted by Crippen LogP contribution is 2.30. The maximum Gasteiger partial charge on any atom is 0.417 e. The molecule has 86 valence electrons. The minimum absolute atomic E-state index is 0.196. The van der Waals surface area contributed by atoms with E-state index in [1.165, 1.54) is 13.1 Å². The van der Waals surface area contributed by atoms with E-state index in [9.17, 15) is 18.0 Å². The van der Waals surface area contributed by atoms with Crippen molar-refractivity contribution in [1.29, 1.82) is 0 Å². The average Bonchev–Trinajstić information content (AvgIpc) is 2.26. The molecule has 0 spiro atoms. The average molecular weight is 230 g/mol. The molecule has 0 atom stereocenters. The van der Waals surface area contributed by atoms with E-state index in [0.29, 0.717) is 0 Å². The Morgan fingerprint density at radius 3 is 2.44 bits per heavy atom. The van der Waals surface area contributed by atoms with Crippen molar-refractivity contribution in [2.24, 2.45) is 0 Å². The van der Waals surface area contributed by atoms with E-state index in [4.69, 9.17) is 0 Å². The summed E-state index contributed by atoms with van der Waals surface area (Å²) in [5.74, 6) is -0.406. The molecule has 1 aromatic rings. The van der Waals surface area contributed by atoms with Crippen LogP contribution >= 0.6 is 0 Å². The second-order valence-electron chi connectivity index (χ2n) is 2.99. The first-order valence-electron chi connectivity index (χ1n) is 4.31. The van der Waals surface area contributed by atoms with Crippen LogP contribution in [0.4, 0.5) is 13.2 Å². The summed E-state index contributed by atoms with van der Waals surface area (Å²) in [6.07, 6.45) is -3.44. The van der Waals surface area contributed by atoms with E-state index in [1.54, 1.807) is 0 Å². The van der Waals surface area contributed by atoms with Crippen molar-refractivity contribution in [2.45, 2.75) is 6.18 Å². The molecule has 0 bridgehead atoms. The van der Waals surface area contributed by atoms with E-state index < -0.39 is 17.7 Å². The van der Waals surface area contributed by atoms with Crippen LogP contribution in [-0.2, 0) is 0 Å². The van der Waals surface area contributed by atoms with Gasteiger partial charge in [-0.25, -0.2) is 0 Å². The lowest BCUT2D eigenvalue weighted by atomic mass is 10.1. The Morgan fingerprint density at radius 2 is 2.06 bits per heavy atom. The predicted molar refractivity (Wildman–Crippen MR) is 52.7 cm³/mol. The van der Waals surface area contributed by atoms with Crippen LogP contribution in [0.3, 0.4) is 0 Å². The van der Waals surface area contributed by atoms with Crippen LogP contribution in [0.5, 0.6) is 0 Å². The molecule has 3 nitrogen and oxygen atoms in total. The molecule has 0 aliphatic carbocycles. The highest BCUT2D eigenvalue weighted by atomic mass is 19.4. The molecule has 0 fully saturated rings. The maximum atomic E-state index is 12.2. The fourth-order valence-corrected chi connectivity index (χ4v) is 0.996. The van der Waals surface area contributed by atoms with Crippen molar-refractivity contribution < 1.29 is 18.0 Å². The number of rotatable bonds is 2. The Kier molecular flexibility index (Phi) is 3.31. The summed E-state index contributed by atoms with van der Waals surface area (Å²) in [7, 11) is 1.42. The van der Waals surface area contributed by atoms with Crippen LogP contribution < -0.4 is 5.32 Å². The fourth-order valence-electron chi connectivity index (χ4n) is 0.996. The molecule has 0 saturated carbocycles. The topological polar surface area (TPSA) is 42.0 Å². The van der Waals surface area contributed by atoms with Gasteiger partial charge < -0.3 is 5.32 Å². The van der Waals surface area contributed by atoms with Crippen molar-refractivity contribution in [1.82, 2.24) is 10.3 Å². The molecule has 1 heterocycles. The van der Waals surface area contributed by atoms with Gasteiger partial charge in [-0.2, -0.15) is 13.2 Å². The monoisotopic (exact) mass is 230 g/mol. The van der Waals surface area contributed by atoms with Crippen molar-refractivity contribution >= 4 is 11.5 Å². The van der Waals surface area contributed by atoms with Crippen LogP contribution in [-0.4, -0.2) is 24.1 Å². The first-order valence-corrected chi connectivity index (χ1v) is 4.31. The standard InChI is InChI=1S/C10H9F3N2O/c1-6(10(11,12)13)8-4-3-7(5-15-8)9(16)14-2/h3-5H,1H2,2H3,(H,14,16). The largest absolute Gasteiger partial charge is 0.417 e. The van der Waals surface area contributed by atoms with Crippen molar-refractivity contribution in [3.63, 3.8) is 0 Å². The van der Waals surface area contributed by atoms with Gasteiger partial charge in [0.1, 0.15) is 0 Å². The summed E-state index contributed by atoms with van der Waals surface area (Å²) < 4.78 is 36.7. The third-order valence-corrected chi connectivity index (χ3v) is 1.90. The van der Waals surface area contributed by atoms with Crippen molar-refractivity contribution in [3.8, 4) is 0 Å². The second kappa shape index (κ2) is 4.34. The van der Waals surface area contributed by atoms with Crippen molar-refractivity contribution in [3.05, 3.63) is 36.2 Å². The SMILES string of the molecule is C=C(c1ccc(C(=O)NC)cn1)C(F)(F)F. The Balaban J connectivity index is 2.96. The predicted octanol–water partition coefficient (Wildman–Crippen LogP) is 2.02. The zero-order chi connectivity index (χ0) is 12.3. The number of hydrogen-bond acceptors (Lipinski definition) is 2. The highest BCUT2D eigenvalue weighted by molar-refractivity contribution is 5.93. The highest BCUT2D eigenvalue weighted by Gasteiger charge is 2.33. The normalized spacial score (nSPS) is 11.0. The summed E-state index contributed by atoms with van der Waals surface area (Å²) in [5, 5.41) is 2.34. The minimum Gasteiger partial charge on any atom is -0.355 e. The van der Waals surface area contributed by atoms with Crippen LogP contribution in [0.15, 0.2) is 24.9 Å². The number of pyridine rings is 1. The van der Waals surface area contributed by atoms with Gasteiger partial charge in [-0.1, -0.05) is 6.58 Å². The molecule has 0 unspecified atom stereocenters.